The third kappa shape index (κ3) is 6.46. The second-order valence-electron chi connectivity index (χ2n) is 5.42. The molecule has 0 atom stereocenters. The molecule has 3 aromatic rings. The Bertz CT molecular complexity index is 1020. The van der Waals surface area contributed by atoms with E-state index in [1.165, 1.54) is 30.6 Å². The molecule has 29 heavy (non-hydrogen) atoms. The topological polar surface area (TPSA) is 138 Å². The van der Waals surface area contributed by atoms with E-state index in [1.807, 2.05) is 0 Å². The second kappa shape index (κ2) is 10.0. The van der Waals surface area contributed by atoms with Gasteiger partial charge in [-0.15, -0.1) is 0 Å². The van der Waals surface area contributed by atoms with Gasteiger partial charge in [-0.25, -0.2) is 4.39 Å². The lowest BCUT2D eigenvalue weighted by Crippen LogP contribution is -2.24. The molecule has 2 heterocycles. The van der Waals surface area contributed by atoms with Gasteiger partial charge >= 0.3 is 0 Å². The number of nitrogens with zero attached hydrogens (tertiary/aromatic N) is 4. The molecule has 0 fully saturated rings. The summed E-state index contributed by atoms with van der Waals surface area (Å²) in [7, 11) is 0. The van der Waals surface area contributed by atoms with Gasteiger partial charge in [0, 0.05) is 18.8 Å². The van der Waals surface area contributed by atoms with Crippen LogP contribution in [0.5, 0.6) is 0 Å². The SMILES string of the molecule is O=[N+]([O-])c1cc[n+]([O-])cc1Br.O=[N+]([O-])c1ccncc1NCc1ccc(F)cc1. The zero-order valence-electron chi connectivity index (χ0n) is 14.6. The molecule has 0 aliphatic rings. The van der Waals surface area contributed by atoms with Crippen LogP contribution in [0.4, 0.5) is 21.5 Å². The van der Waals surface area contributed by atoms with Crippen LogP contribution in [0.25, 0.3) is 0 Å². The first-order valence-corrected chi connectivity index (χ1v) is 8.66. The third-order valence-corrected chi connectivity index (χ3v) is 4.06. The first kappa shape index (κ1) is 21.6. The van der Waals surface area contributed by atoms with Crippen molar-refractivity contribution in [2.75, 3.05) is 5.32 Å². The highest BCUT2D eigenvalue weighted by atomic mass is 79.9. The molecular formula is C17H13BrFN5O5. The fraction of sp³-hybridized carbons (Fsp3) is 0.0588. The number of benzene rings is 1. The van der Waals surface area contributed by atoms with Crippen LogP contribution >= 0.6 is 15.9 Å². The van der Waals surface area contributed by atoms with Gasteiger partial charge in [0.1, 0.15) is 11.5 Å². The summed E-state index contributed by atoms with van der Waals surface area (Å²) in [5.41, 5.74) is 1.02. The summed E-state index contributed by atoms with van der Waals surface area (Å²) in [6.45, 7) is 0.368. The molecule has 0 amide bonds. The Balaban J connectivity index is 0.000000234. The summed E-state index contributed by atoms with van der Waals surface area (Å²) >= 11 is 2.89. The fourth-order valence-corrected chi connectivity index (χ4v) is 2.55. The first-order valence-electron chi connectivity index (χ1n) is 7.87. The monoisotopic (exact) mass is 465 g/mol. The molecule has 1 N–H and O–H groups in total. The van der Waals surface area contributed by atoms with Crippen LogP contribution in [-0.4, -0.2) is 14.8 Å². The van der Waals surface area contributed by atoms with Gasteiger partial charge in [-0.2, -0.15) is 4.73 Å². The Morgan fingerprint density at radius 1 is 1.07 bits per heavy atom. The molecule has 3 rings (SSSR count). The lowest BCUT2D eigenvalue weighted by atomic mass is 10.2. The smallest absolute Gasteiger partial charge is 0.295 e. The van der Waals surface area contributed by atoms with Gasteiger partial charge in [-0.3, -0.25) is 25.2 Å². The number of pyridine rings is 2. The van der Waals surface area contributed by atoms with E-state index in [1.54, 1.807) is 12.1 Å². The maximum Gasteiger partial charge on any atom is 0.295 e. The van der Waals surface area contributed by atoms with Gasteiger partial charge in [0.2, 0.25) is 6.20 Å². The molecule has 2 aromatic heterocycles. The number of anilines is 1. The lowest BCUT2D eigenvalue weighted by molar-refractivity contribution is -0.606. The van der Waals surface area contributed by atoms with Crippen molar-refractivity contribution in [1.29, 1.82) is 0 Å². The zero-order chi connectivity index (χ0) is 21.4. The highest BCUT2D eigenvalue weighted by Crippen LogP contribution is 2.22. The minimum absolute atomic E-state index is 0.0351. The average Bonchev–Trinajstić information content (AvgIpc) is 2.68. The maximum absolute atomic E-state index is 12.7. The Hall–Kier alpha value is -3.67. The maximum atomic E-state index is 12.7. The Kier molecular flexibility index (Phi) is 7.48. The number of nitro groups is 2. The number of halogens is 2. The van der Waals surface area contributed by atoms with Gasteiger partial charge in [-0.1, -0.05) is 12.1 Å². The van der Waals surface area contributed by atoms with Crippen LogP contribution in [0.3, 0.4) is 0 Å². The van der Waals surface area contributed by atoms with Gasteiger partial charge in [0.05, 0.1) is 22.1 Å². The van der Waals surface area contributed by atoms with Crippen molar-refractivity contribution in [1.82, 2.24) is 4.98 Å². The molecule has 0 spiro atoms. The van der Waals surface area contributed by atoms with Crippen molar-refractivity contribution in [3.63, 3.8) is 0 Å². The molecule has 0 radical (unpaired) electrons. The molecule has 0 saturated carbocycles. The van der Waals surface area contributed by atoms with E-state index < -0.39 is 9.85 Å². The van der Waals surface area contributed by atoms with E-state index in [9.17, 15) is 29.8 Å². The van der Waals surface area contributed by atoms with Crippen molar-refractivity contribution < 1.29 is 19.0 Å². The molecule has 0 aliphatic carbocycles. The molecule has 0 bridgehead atoms. The van der Waals surface area contributed by atoms with Crippen molar-refractivity contribution in [3.8, 4) is 0 Å². The van der Waals surface area contributed by atoms with E-state index in [0.717, 1.165) is 24.0 Å². The molecule has 0 saturated heterocycles. The predicted molar refractivity (Wildman–Crippen MR) is 104 cm³/mol. The van der Waals surface area contributed by atoms with Crippen LogP contribution in [0, 0.1) is 31.3 Å². The summed E-state index contributed by atoms with van der Waals surface area (Å²) in [5, 5.41) is 34.4. The fourth-order valence-electron chi connectivity index (χ4n) is 2.07. The number of hydrogen-bond donors (Lipinski definition) is 1. The largest absolute Gasteiger partial charge is 0.619 e. The Morgan fingerprint density at radius 2 is 1.72 bits per heavy atom. The van der Waals surface area contributed by atoms with Crippen LogP contribution in [-0.2, 0) is 6.54 Å². The van der Waals surface area contributed by atoms with Crippen molar-refractivity contribution >= 4 is 33.0 Å². The molecule has 1 aromatic carbocycles. The summed E-state index contributed by atoms with van der Waals surface area (Å²) < 4.78 is 13.4. The summed E-state index contributed by atoms with van der Waals surface area (Å²) in [5.74, 6) is -0.314. The van der Waals surface area contributed by atoms with Crippen molar-refractivity contribution in [3.05, 3.63) is 102 Å². The van der Waals surface area contributed by atoms with Gasteiger partial charge < -0.3 is 10.5 Å². The van der Waals surface area contributed by atoms with Crippen LogP contribution in [0.15, 0.2) is 65.7 Å². The van der Waals surface area contributed by atoms with Crippen LogP contribution < -0.4 is 10.0 Å². The third-order valence-electron chi connectivity index (χ3n) is 3.45. The quantitative estimate of drug-likeness (QED) is 0.262. The minimum atomic E-state index is -0.565. The summed E-state index contributed by atoms with van der Waals surface area (Å²) in [4.78, 5) is 23.7. The summed E-state index contributed by atoms with van der Waals surface area (Å²) in [6, 6.07) is 8.38. The van der Waals surface area contributed by atoms with Crippen molar-refractivity contribution in [2.24, 2.45) is 0 Å². The van der Waals surface area contributed by atoms with E-state index in [2.05, 4.69) is 26.2 Å². The number of aromatic nitrogens is 2. The van der Waals surface area contributed by atoms with E-state index in [0.29, 0.717) is 17.0 Å². The highest BCUT2D eigenvalue weighted by molar-refractivity contribution is 9.10. The molecular weight excluding hydrogens is 453 g/mol. The Labute approximate surface area is 171 Å². The minimum Gasteiger partial charge on any atom is -0.619 e. The highest BCUT2D eigenvalue weighted by Gasteiger charge is 2.13. The van der Waals surface area contributed by atoms with Crippen LogP contribution in [0.2, 0.25) is 0 Å². The first-order chi connectivity index (χ1) is 13.8. The molecule has 12 heteroatoms. The number of nitrogens with one attached hydrogen (secondary N) is 1. The lowest BCUT2D eigenvalue weighted by Gasteiger charge is -2.06. The molecule has 10 nitrogen and oxygen atoms in total. The Morgan fingerprint density at radius 3 is 2.31 bits per heavy atom. The van der Waals surface area contributed by atoms with E-state index in [-0.39, 0.29) is 21.7 Å². The van der Waals surface area contributed by atoms with Gasteiger partial charge in [0.15, 0.2) is 10.7 Å². The van der Waals surface area contributed by atoms with Crippen molar-refractivity contribution in [2.45, 2.75) is 6.54 Å². The van der Waals surface area contributed by atoms with E-state index in [4.69, 9.17) is 0 Å². The number of rotatable bonds is 5. The van der Waals surface area contributed by atoms with Gasteiger partial charge in [0.25, 0.3) is 11.4 Å². The standard InChI is InChI=1S/C12H10FN3O2.C5H3BrN2O3/c13-10-3-1-9(2-4-10)7-15-11-8-14-6-5-12(11)16(17)18;6-4-3-7(9)2-1-5(4)8(10)11/h1-6,8,15H,7H2;1-3H. The van der Waals surface area contributed by atoms with Crippen LogP contribution in [0.1, 0.15) is 5.56 Å². The second-order valence-corrected chi connectivity index (χ2v) is 6.28. The molecule has 0 aliphatic heterocycles. The predicted octanol–water partition coefficient (Wildman–Crippen LogP) is 3.73. The average molecular weight is 466 g/mol. The number of hydrogen-bond acceptors (Lipinski definition) is 7. The molecule has 0 unspecified atom stereocenters. The molecule has 150 valence electrons. The zero-order valence-corrected chi connectivity index (χ0v) is 16.2. The normalized spacial score (nSPS) is 9.86. The van der Waals surface area contributed by atoms with Gasteiger partial charge in [-0.05, 0) is 33.6 Å². The summed E-state index contributed by atoms with van der Waals surface area (Å²) in [6.07, 6.45) is 4.91. The van der Waals surface area contributed by atoms with E-state index >= 15 is 0 Å².